The quantitative estimate of drug-likeness (QED) is 0.892. The SMILES string of the molecule is CCN(CC(=O)Nc1ccc(OC)cc1)C(=O)c1ccccc1. The summed E-state index contributed by atoms with van der Waals surface area (Å²) < 4.78 is 5.07. The first kappa shape index (κ1) is 16.5. The predicted octanol–water partition coefficient (Wildman–Crippen LogP) is 2.80. The molecule has 0 radical (unpaired) electrons. The normalized spacial score (nSPS) is 10.0. The van der Waals surface area contributed by atoms with Gasteiger partial charge in [0.15, 0.2) is 0 Å². The van der Waals surface area contributed by atoms with E-state index in [1.165, 1.54) is 4.90 Å². The van der Waals surface area contributed by atoms with Crippen LogP contribution in [0.3, 0.4) is 0 Å². The van der Waals surface area contributed by atoms with Gasteiger partial charge < -0.3 is 15.0 Å². The van der Waals surface area contributed by atoms with E-state index >= 15 is 0 Å². The van der Waals surface area contributed by atoms with Gasteiger partial charge in [0.05, 0.1) is 7.11 Å². The van der Waals surface area contributed by atoms with E-state index in [-0.39, 0.29) is 18.4 Å². The van der Waals surface area contributed by atoms with E-state index in [1.54, 1.807) is 55.6 Å². The van der Waals surface area contributed by atoms with Crippen molar-refractivity contribution >= 4 is 17.5 Å². The summed E-state index contributed by atoms with van der Waals surface area (Å²) in [5, 5.41) is 2.78. The summed E-state index contributed by atoms with van der Waals surface area (Å²) in [6.45, 7) is 2.32. The summed E-state index contributed by atoms with van der Waals surface area (Å²) in [7, 11) is 1.59. The Balaban J connectivity index is 1.97. The Labute approximate surface area is 135 Å². The molecule has 5 nitrogen and oxygen atoms in total. The average molecular weight is 312 g/mol. The zero-order valence-corrected chi connectivity index (χ0v) is 13.3. The standard InChI is InChI=1S/C18H20N2O3/c1-3-20(18(22)14-7-5-4-6-8-14)13-17(21)19-15-9-11-16(23-2)12-10-15/h4-12H,3,13H2,1-2H3,(H,19,21). The van der Waals surface area contributed by atoms with Gasteiger partial charge in [-0.2, -0.15) is 0 Å². The number of anilines is 1. The molecule has 0 aliphatic rings. The van der Waals surface area contributed by atoms with Gasteiger partial charge in [0.1, 0.15) is 12.3 Å². The molecule has 2 aromatic rings. The van der Waals surface area contributed by atoms with Gasteiger partial charge in [-0.3, -0.25) is 9.59 Å². The van der Waals surface area contributed by atoms with Crippen LogP contribution >= 0.6 is 0 Å². The second kappa shape index (κ2) is 7.98. The van der Waals surface area contributed by atoms with E-state index in [0.29, 0.717) is 17.8 Å². The highest BCUT2D eigenvalue weighted by molar-refractivity contribution is 5.99. The highest BCUT2D eigenvalue weighted by Gasteiger charge is 2.17. The minimum Gasteiger partial charge on any atom is -0.497 e. The van der Waals surface area contributed by atoms with Gasteiger partial charge >= 0.3 is 0 Å². The number of benzene rings is 2. The molecule has 0 atom stereocenters. The van der Waals surface area contributed by atoms with Crippen molar-refractivity contribution in [3.05, 3.63) is 60.2 Å². The maximum absolute atomic E-state index is 12.4. The molecule has 2 amide bonds. The van der Waals surface area contributed by atoms with E-state index in [4.69, 9.17) is 4.74 Å². The summed E-state index contributed by atoms with van der Waals surface area (Å²) in [4.78, 5) is 26.0. The predicted molar refractivity (Wildman–Crippen MR) is 89.6 cm³/mol. The van der Waals surface area contributed by atoms with Crippen LogP contribution in [0.4, 0.5) is 5.69 Å². The van der Waals surface area contributed by atoms with Crippen molar-refractivity contribution in [1.82, 2.24) is 4.90 Å². The Kier molecular flexibility index (Phi) is 5.74. The molecule has 2 aromatic carbocycles. The van der Waals surface area contributed by atoms with Crippen molar-refractivity contribution < 1.29 is 14.3 Å². The topological polar surface area (TPSA) is 58.6 Å². The molecule has 0 heterocycles. The molecule has 0 fully saturated rings. The third-order valence-electron chi connectivity index (χ3n) is 3.40. The first-order valence-electron chi connectivity index (χ1n) is 7.42. The lowest BCUT2D eigenvalue weighted by Gasteiger charge is -2.20. The van der Waals surface area contributed by atoms with Crippen molar-refractivity contribution in [2.45, 2.75) is 6.92 Å². The second-order valence-corrected chi connectivity index (χ2v) is 4.96. The highest BCUT2D eigenvalue weighted by atomic mass is 16.5. The van der Waals surface area contributed by atoms with E-state index in [9.17, 15) is 9.59 Å². The Morgan fingerprint density at radius 3 is 2.26 bits per heavy atom. The molecule has 120 valence electrons. The number of likely N-dealkylation sites (N-methyl/N-ethyl adjacent to an activating group) is 1. The molecule has 2 rings (SSSR count). The first-order valence-corrected chi connectivity index (χ1v) is 7.42. The van der Waals surface area contributed by atoms with Gasteiger partial charge in [0, 0.05) is 17.8 Å². The molecule has 0 unspecified atom stereocenters. The van der Waals surface area contributed by atoms with Gasteiger partial charge in [0.25, 0.3) is 5.91 Å². The van der Waals surface area contributed by atoms with Crippen LogP contribution in [0.5, 0.6) is 5.75 Å². The number of rotatable bonds is 6. The van der Waals surface area contributed by atoms with Crippen LogP contribution in [0.25, 0.3) is 0 Å². The Morgan fingerprint density at radius 2 is 1.70 bits per heavy atom. The van der Waals surface area contributed by atoms with Crippen molar-refractivity contribution in [2.24, 2.45) is 0 Å². The number of nitrogens with one attached hydrogen (secondary N) is 1. The summed E-state index contributed by atoms with van der Waals surface area (Å²) in [6.07, 6.45) is 0. The average Bonchev–Trinajstić information content (AvgIpc) is 2.60. The highest BCUT2D eigenvalue weighted by Crippen LogP contribution is 2.15. The lowest BCUT2D eigenvalue weighted by Crippen LogP contribution is -2.37. The van der Waals surface area contributed by atoms with E-state index in [1.807, 2.05) is 13.0 Å². The Bertz CT molecular complexity index is 654. The molecule has 0 saturated heterocycles. The fourth-order valence-corrected chi connectivity index (χ4v) is 2.14. The summed E-state index contributed by atoms with van der Waals surface area (Å²) >= 11 is 0. The minimum atomic E-state index is -0.235. The largest absolute Gasteiger partial charge is 0.497 e. The van der Waals surface area contributed by atoms with Gasteiger partial charge in [-0.1, -0.05) is 18.2 Å². The molecule has 0 spiro atoms. The molecule has 5 heteroatoms. The molecule has 1 N–H and O–H groups in total. The first-order chi connectivity index (χ1) is 11.1. The number of ether oxygens (including phenoxy) is 1. The van der Waals surface area contributed by atoms with Gasteiger partial charge in [-0.25, -0.2) is 0 Å². The molecular weight excluding hydrogens is 292 g/mol. The van der Waals surface area contributed by atoms with Crippen molar-refractivity contribution in [1.29, 1.82) is 0 Å². The summed E-state index contributed by atoms with van der Waals surface area (Å²) in [5.74, 6) is 0.330. The van der Waals surface area contributed by atoms with Gasteiger partial charge in [-0.15, -0.1) is 0 Å². The van der Waals surface area contributed by atoms with Crippen LogP contribution in [0, 0.1) is 0 Å². The molecule has 0 aliphatic carbocycles. The lowest BCUT2D eigenvalue weighted by atomic mass is 10.2. The Morgan fingerprint density at radius 1 is 1.04 bits per heavy atom. The molecule has 23 heavy (non-hydrogen) atoms. The smallest absolute Gasteiger partial charge is 0.254 e. The molecule has 0 aliphatic heterocycles. The molecule has 0 bridgehead atoms. The monoisotopic (exact) mass is 312 g/mol. The zero-order valence-electron chi connectivity index (χ0n) is 13.3. The van der Waals surface area contributed by atoms with E-state index in [2.05, 4.69) is 5.32 Å². The molecule has 0 aromatic heterocycles. The van der Waals surface area contributed by atoms with Crippen LogP contribution in [0.1, 0.15) is 17.3 Å². The third kappa shape index (κ3) is 4.57. The van der Waals surface area contributed by atoms with Crippen LogP contribution in [0.15, 0.2) is 54.6 Å². The van der Waals surface area contributed by atoms with Crippen LogP contribution in [-0.2, 0) is 4.79 Å². The fraction of sp³-hybridized carbons (Fsp3) is 0.222. The molecular formula is C18H20N2O3. The number of methoxy groups -OCH3 is 1. The maximum Gasteiger partial charge on any atom is 0.254 e. The van der Waals surface area contributed by atoms with E-state index in [0.717, 1.165) is 5.75 Å². The van der Waals surface area contributed by atoms with Gasteiger partial charge in [-0.05, 0) is 43.3 Å². The van der Waals surface area contributed by atoms with Crippen LogP contribution in [0.2, 0.25) is 0 Å². The number of carbonyl (C=O) groups is 2. The number of nitrogens with zero attached hydrogens (tertiary/aromatic N) is 1. The molecule has 0 saturated carbocycles. The minimum absolute atomic E-state index is 0.0102. The van der Waals surface area contributed by atoms with E-state index < -0.39 is 0 Å². The fourth-order valence-electron chi connectivity index (χ4n) is 2.14. The van der Waals surface area contributed by atoms with Crippen LogP contribution < -0.4 is 10.1 Å². The van der Waals surface area contributed by atoms with Crippen molar-refractivity contribution in [3.8, 4) is 5.75 Å². The third-order valence-corrected chi connectivity index (χ3v) is 3.40. The van der Waals surface area contributed by atoms with Crippen LogP contribution in [-0.4, -0.2) is 36.9 Å². The van der Waals surface area contributed by atoms with Crippen molar-refractivity contribution in [2.75, 3.05) is 25.5 Å². The lowest BCUT2D eigenvalue weighted by molar-refractivity contribution is -0.116. The number of amides is 2. The number of hydrogen-bond acceptors (Lipinski definition) is 3. The summed E-state index contributed by atoms with van der Waals surface area (Å²) in [5.41, 5.74) is 1.24. The van der Waals surface area contributed by atoms with Gasteiger partial charge in [0.2, 0.25) is 5.91 Å². The number of carbonyl (C=O) groups excluding carboxylic acids is 2. The number of hydrogen-bond donors (Lipinski definition) is 1. The Hall–Kier alpha value is -2.82. The zero-order chi connectivity index (χ0) is 16.7. The van der Waals surface area contributed by atoms with Crippen molar-refractivity contribution in [3.63, 3.8) is 0 Å². The maximum atomic E-state index is 12.4. The summed E-state index contributed by atoms with van der Waals surface area (Å²) in [6, 6.07) is 16.0. The second-order valence-electron chi connectivity index (χ2n) is 4.96.